The van der Waals surface area contributed by atoms with Crippen LogP contribution in [-0.4, -0.2) is 36.4 Å². The molecule has 0 radical (unpaired) electrons. The lowest BCUT2D eigenvalue weighted by atomic mass is 10.4. The molecule has 5 nitrogen and oxygen atoms in total. The molecule has 2 aliphatic rings. The van der Waals surface area contributed by atoms with Crippen molar-refractivity contribution in [2.24, 2.45) is 13.0 Å². The predicted molar refractivity (Wildman–Crippen MR) is 82.4 cm³/mol. The molecule has 2 saturated carbocycles. The van der Waals surface area contributed by atoms with E-state index < -0.39 is 10.0 Å². The normalized spacial score (nSPS) is 19.4. The number of hydrogen-bond acceptors (Lipinski definition) is 3. The van der Waals surface area contributed by atoms with E-state index in [9.17, 15) is 8.42 Å². The smallest absolute Gasteiger partial charge is 0.244 e. The van der Waals surface area contributed by atoms with E-state index in [1.807, 2.05) is 24.6 Å². The minimum atomic E-state index is -3.35. The lowest BCUT2D eigenvalue weighted by molar-refractivity contribution is 0.412. The Morgan fingerprint density at radius 1 is 1.33 bits per heavy atom. The molecule has 1 aromatic rings. The van der Waals surface area contributed by atoms with E-state index in [1.165, 1.54) is 12.8 Å². The van der Waals surface area contributed by atoms with Gasteiger partial charge in [0.2, 0.25) is 10.0 Å². The Bertz CT molecular complexity index is 600. The first-order valence-electron chi connectivity index (χ1n) is 7.89. The predicted octanol–water partition coefficient (Wildman–Crippen LogP) is 1.70. The van der Waals surface area contributed by atoms with Gasteiger partial charge in [0.25, 0.3) is 0 Å². The first-order valence-corrected chi connectivity index (χ1v) is 9.33. The van der Waals surface area contributed by atoms with Gasteiger partial charge in [0.1, 0.15) is 4.90 Å². The molecule has 2 fully saturated rings. The Balaban J connectivity index is 1.74. The number of aryl methyl sites for hydroxylation is 1. The Labute approximate surface area is 127 Å². The summed E-state index contributed by atoms with van der Waals surface area (Å²) in [5.74, 6) is 0.569. The standard InChI is InChI=1S/C15H25N3O2S/c1-3-18(10-12-4-5-12)21(19,20)15-8-14(17(2)11-15)9-16-13-6-7-13/h8,11-13,16H,3-7,9-10H2,1-2H3. The van der Waals surface area contributed by atoms with Crippen molar-refractivity contribution < 1.29 is 8.42 Å². The summed E-state index contributed by atoms with van der Waals surface area (Å²) in [6.45, 7) is 3.87. The minimum absolute atomic E-state index is 0.431. The second-order valence-electron chi connectivity index (χ2n) is 6.33. The lowest BCUT2D eigenvalue weighted by Gasteiger charge is -2.19. The van der Waals surface area contributed by atoms with Crippen LogP contribution >= 0.6 is 0 Å². The molecule has 1 aromatic heterocycles. The molecule has 0 amide bonds. The monoisotopic (exact) mass is 311 g/mol. The van der Waals surface area contributed by atoms with Crippen molar-refractivity contribution >= 4 is 10.0 Å². The molecule has 21 heavy (non-hydrogen) atoms. The summed E-state index contributed by atoms with van der Waals surface area (Å²) in [7, 11) is -1.43. The summed E-state index contributed by atoms with van der Waals surface area (Å²) >= 11 is 0. The maximum absolute atomic E-state index is 12.7. The van der Waals surface area contributed by atoms with Crippen LogP contribution in [0.2, 0.25) is 0 Å². The zero-order valence-electron chi connectivity index (χ0n) is 12.9. The van der Waals surface area contributed by atoms with Gasteiger partial charge in [-0.2, -0.15) is 4.31 Å². The molecule has 1 N–H and O–H groups in total. The third-order valence-electron chi connectivity index (χ3n) is 4.38. The van der Waals surface area contributed by atoms with Crippen molar-refractivity contribution in [3.63, 3.8) is 0 Å². The molecule has 1 heterocycles. The molecule has 118 valence electrons. The molecule has 2 aliphatic carbocycles. The van der Waals surface area contributed by atoms with Gasteiger partial charge in [0, 0.05) is 44.6 Å². The Morgan fingerprint density at radius 2 is 2.05 bits per heavy atom. The van der Waals surface area contributed by atoms with E-state index in [1.54, 1.807) is 10.5 Å². The van der Waals surface area contributed by atoms with Crippen molar-refractivity contribution in [3.05, 3.63) is 18.0 Å². The highest BCUT2D eigenvalue weighted by molar-refractivity contribution is 7.89. The third-order valence-corrected chi connectivity index (χ3v) is 6.29. The highest BCUT2D eigenvalue weighted by Gasteiger charge is 2.31. The van der Waals surface area contributed by atoms with E-state index in [2.05, 4.69) is 5.32 Å². The summed E-state index contributed by atoms with van der Waals surface area (Å²) in [6, 6.07) is 2.45. The Morgan fingerprint density at radius 3 is 2.62 bits per heavy atom. The van der Waals surface area contributed by atoms with Crippen LogP contribution in [0.3, 0.4) is 0 Å². The van der Waals surface area contributed by atoms with Crippen molar-refractivity contribution in [2.75, 3.05) is 13.1 Å². The summed E-state index contributed by atoms with van der Waals surface area (Å²) in [5.41, 5.74) is 1.03. The number of nitrogens with one attached hydrogen (secondary N) is 1. The van der Waals surface area contributed by atoms with E-state index in [4.69, 9.17) is 0 Å². The summed E-state index contributed by atoms with van der Waals surface area (Å²) in [6.07, 6.45) is 6.55. The van der Waals surface area contributed by atoms with Crippen molar-refractivity contribution in [1.29, 1.82) is 0 Å². The third kappa shape index (κ3) is 3.49. The van der Waals surface area contributed by atoms with Gasteiger partial charge in [0.05, 0.1) is 0 Å². The van der Waals surface area contributed by atoms with Gasteiger partial charge in [-0.1, -0.05) is 6.92 Å². The van der Waals surface area contributed by atoms with Crippen LogP contribution in [0.5, 0.6) is 0 Å². The van der Waals surface area contributed by atoms with Crippen LogP contribution in [0.15, 0.2) is 17.2 Å². The van der Waals surface area contributed by atoms with E-state index in [0.717, 1.165) is 25.1 Å². The van der Waals surface area contributed by atoms with Crippen LogP contribution in [0.4, 0.5) is 0 Å². The molecule has 0 unspecified atom stereocenters. The van der Waals surface area contributed by atoms with Crippen LogP contribution in [0, 0.1) is 5.92 Å². The van der Waals surface area contributed by atoms with Crippen LogP contribution in [-0.2, 0) is 23.6 Å². The van der Waals surface area contributed by atoms with Gasteiger partial charge in [-0.05, 0) is 37.7 Å². The average molecular weight is 311 g/mol. The number of rotatable bonds is 8. The maximum Gasteiger partial charge on any atom is 0.244 e. The maximum atomic E-state index is 12.7. The second kappa shape index (κ2) is 5.74. The SMILES string of the molecule is CCN(CC1CC1)S(=O)(=O)c1cc(CNC2CC2)n(C)c1. The molecule has 0 spiro atoms. The van der Waals surface area contributed by atoms with E-state index in [0.29, 0.717) is 29.9 Å². The van der Waals surface area contributed by atoms with Crippen LogP contribution in [0.1, 0.15) is 38.3 Å². The number of hydrogen-bond donors (Lipinski definition) is 1. The van der Waals surface area contributed by atoms with Gasteiger partial charge >= 0.3 is 0 Å². The number of nitrogens with zero attached hydrogens (tertiary/aromatic N) is 2. The highest BCUT2D eigenvalue weighted by Crippen LogP contribution is 2.31. The van der Waals surface area contributed by atoms with Gasteiger partial charge in [-0.15, -0.1) is 0 Å². The molecule has 0 aromatic carbocycles. The largest absolute Gasteiger partial charge is 0.352 e. The van der Waals surface area contributed by atoms with Crippen molar-refractivity contribution in [1.82, 2.24) is 14.2 Å². The topological polar surface area (TPSA) is 54.3 Å². The summed E-state index contributed by atoms with van der Waals surface area (Å²) in [4.78, 5) is 0.431. The molecule has 0 saturated heterocycles. The lowest BCUT2D eigenvalue weighted by Crippen LogP contribution is -2.32. The van der Waals surface area contributed by atoms with Gasteiger partial charge in [0.15, 0.2) is 0 Å². The first kappa shape index (κ1) is 15.1. The molecule has 0 bridgehead atoms. The van der Waals surface area contributed by atoms with Crippen LogP contribution in [0.25, 0.3) is 0 Å². The summed E-state index contributed by atoms with van der Waals surface area (Å²) < 4.78 is 29.0. The van der Waals surface area contributed by atoms with Crippen molar-refractivity contribution in [3.8, 4) is 0 Å². The van der Waals surface area contributed by atoms with Gasteiger partial charge in [-0.3, -0.25) is 0 Å². The molecule has 3 rings (SSSR count). The first-order chi connectivity index (χ1) is 10.0. The zero-order valence-corrected chi connectivity index (χ0v) is 13.7. The average Bonchev–Trinajstić information content (AvgIpc) is 3.34. The molecule has 0 atom stereocenters. The fourth-order valence-electron chi connectivity index (χ4n) is 2.56. The highest BCUT2D eigenvalue weighted by atomic mass is 32.2. The fourth-order valence-corrected chi connectivity index (χ4v) is 4.19. The Hall–Kier alpha value is -0.850. The molecular weight excluding hydrogens is 286 g/mol. The van der Waals surface area contributed by atoms with Gasteiger partial charge < -0.3 is 9.88 Å². The molecule has 6 heteroatoms. The zero-order chi connectivity index (χ0) is 15.0. The van der Waals surface area contributed by atoms with Crippen molar-refractivity contribution in [2.45, 2.75) is 50.1 Å². The second-order valence-corrected chi connectivity index (χ2v) is 8.27. The fraction of sp³-hybridized carbons (Fsp3) is 0.733. The Kier molecular flexibility index (Phi) is 4.12. The molecule has 0 aliphatic heterocycles. The number of sulfonamides is 1. The van der Waals surface area contributed by atoms with Gasteiger partial charge in [-0.25, -0.2) is 8.42 Å². The minimum Gasteiger partial charge on any atom is -0.352 e. The quantitative estimate of drug-likeness (QED) is 0.795. The number of aromatic nitrogens is 1. The molecular formula is C15H25N3O2S. The van der Waals surface area contributed by atoms with E-state index >= 15 is 0 Å². The summed E-state index contributed by atoms with van der Waals surface area (Å²) in [5, 5.41) is 3.43. The van der Waals surface area contributed by atoms with Crippen LogP contribution < -0.4 is 5.32 Å². The van der Waals surface area contributed by atoms with E-state index in [-0.39, 0.29) is 0 Å².